The molecule has 0 bridgehead atoms. The molecule has 0 radical (unpaired) electrons. The first-order chi connectivity index (χ1) is 9.06. The fraction of sp³-hybridized carbons (Fsp3) is 0.625. The van der Waals surface area contributed by atoms with Crippen LogP contribution in [0.25, 0.3) is 0 Å². The zero-order valence-corrected chi connectivity index (χ0v) is 12.9. The summed E-state index contributed by atoms with van der Waals surface area (Å²) in [4.78, 5) is 2.29. The summed E-state index contributed by atoms with van der Waals surface area (Å²) in [5.41, 5.74) is 2.59. The molecular weight excluding hydrogens is 236 g/mol. The molecule has 0 fully saturated rings. The molecule has 0 aromatic heterocycles. The second-order valence-corrected chi connectivity index (χ2v) is 5.61. The van der Waals surface area contributed by atoms with Crippen LogP contribution in [0.3, 0.4) is 0 Å². The first-order valence-electron chi connectivity index (χ1n) is 6.99. The van der Waals surface area contributed by atoms with Crippen LogP contribution in [0.2, 0.25) is 0 Å². The van der Waals surface area contributed by atoms with Gasteiger partial charge in [-0.05, 0) is 31.1 Å². The highest BCUT2D eigenvalue weighted by atomic mass is 16.5. The summed E-state index contributed by atoms with van der Waals surface area (Å²) in [6, 6.07) is 9.01. The molecule has 0 aliphatic heterocycles. The Morgan fingerprint density at radius 1 is 1.16 bits per heavy atom. The smallest absolute Gasteiger partial charge is 0.0716 e. The summed E-state index contributed by atoms with van der Waals surface area (Å²) in [5, 5.41) is 3.57. The second kappa shape index (κ2) is 8.31. The van der Waals surface area contributed by atoms with Crippen molar-refractivity contribution < 1.29 is 4.74 Å². The van der Waals surface area contributed by atoms with Crippen molar-refractivity contribution in [1.29, 1.82) is 0 Å². The topological polar surface area (TPSA) is 24.5 Å². The highest BCUT2D eigenvalue weighted by molar-refractivity contribution is 5.26. The van der Waals surface area contributed by atoms with Gasteiger partial charge in [-0.25, -0.2) is 0 Å². The number of likely N-dealkylation sites (N-methyl/N-ethyl adjacent to an activating group) is 1. The normalized spacial score (nSPS) is 13.2. The summed E-state index contributed by atoms with van der Waals surface area (Å²) < 4.78 is 5.24. The lowest BCUT2D eigenvalue weighted by atomic mass is 10.0. The number of nitrogens with zero attached hydrogens (tertiary/aromatic N) is 1. The van der Waals surface area contributed by atoms with E-state index in [1.54, 1.807) is 7.11 Å². The maximum Gasteiger partial charge on any atom is 0.0716 e. The van der Waals surface area contributed by atoms with Gasteiger partial charge in [0, 0.05) is 26.2 Å². The molecule has 0 heterocycles. The van der Waals surface area contributed by atoms with E-state index in [1.165, 1.54) is 11.1 Å². The van der Waals surface area contributed by atoms with E-state index in [-0.39, 0.29) is 0 Å². The van der Waals surface area contributed by atoms with Crippen molar-refractivity contribution in [3.05, 3.63) is 35.4 Å². The molecule has 1 unspecified atom stereocenters. The SMILES string of the molecule is COCc1ccccc1CNCC(C(C)C)N(C)C. The molecule has 0 aliphatic carbocycles. The van der Waals surface area contributed by atoms with E-state index in [0.29, 0.717) is 18.6 Å². The Bertz CT molecular complexity index is 356. The number of benzene rings is 1. The van der Waals surface area contributed by atoms with Crippen LogP contribution < -0.4 is 5.32 Å². The molecule has 0 saturated heterocycles. The van der Waals surface area contributed by atoms with Gasteiger partial charge in [0.25, 0.3) is 0 Å². The van der Waals surface area contributed by atoms with Crippen molar-refractivity contribution in [2.45, 2.75) is 33.0 Å². The second-order valence-electron chi connectivity index (χ2n) is 5.61. The molecule has 1 aromatic rings. The number of ether oxygens (including phenoxy) is 1. The Morgan fingerprint density at radius 3 is 2.32 bits per heavy atom. The molecule has 3 heteroatoms. The van der Waals surface area contributed by atoms with E-state index in [0.717, 1.165) is 13.1 Å². The van der Waals surface area contributed by atoms with Gasteiger partial charge in [0.2, 0.25) is 0 Å². The predicted molar refractivity (Wildman–Crippen MR) is 81.2 cm³/mol. The van der Waals surface area contributed by atoms with Gasteiger partial charge in [-0.1, -0.05) is 38.1 Å². The van der Waals surface area contributed by atoms with E-state index in [1.807, 2.05) is 0 Å². The van der Waals surface area contributed by atoms with E-state index >= 15 is 0 Å². The third-order valence-corrected chi connectivity index (χ3v) is 3.52. The first-order valence-corrected chi connectivity index (χ1v) is 6.99. The Balaban J connectivity index is 2.52. The van der Waals surface area contributed by atoms with Crippen LogP contribution in [0.15, 0.2) is 24.3 Å². The third kappa shape index (κ3) is 5.31. The molecule has 1 rings (SSSR count). The van der Waals surface area contributed by atoms with Gasteiger partial charge in [-0.3, -0.25) is 0 Å². The number of hydrogen-bond acceptors (Lipinski definition) is 3. The zero-order valence-electron chi connectivity index (χ0n) is 12.9. The lowest BCUT2D eigenvalue weighted by Gasteiger charge is -2.28. The maximum absolute atomic E-state index is 5.24. The average Bonchev–Trinajstić information content (AvgIpc) is 2.35. The van der Waals surface area contributed by atoms with Crippen LogP contribution in [0.5, 0.6) is 0 Å². The fourth-order valence-corrected chi connectivity index (χ4v) is 2.40. The highest BCUT2D eigenvalue weighted by Gasteiger charge is 2.15. The summed E-state index contributed by atoms with van der Waals surface area (Å²) in [5.74, 6) is 0.650. The summed E-state index contributed by atoms with van der Waals surface area (Å²) in [7, 11) is 6.03. The molecule has 0 spiro atoms. The Kier molecular flexibility index (Phi) is 7.06. The summed E-state index contributed by atoms with van der Waals surface area (Å²) >= 11 is 0. The Hall–Kier alpha value is -0.900. The molecule has 1 N–H and O–H groups in total. The van der Waals surface area contributed by atoms with Gasteiger partial charge < -0.3 is 15.0 Å². The van der Waals surface area contributed by atoms with Gasteiger partial charge in [-0.15, -0.1) is 0 Å². The highest BCUT2D eigenvalue weighted by Crippen LogP contribution is 2.11. The van der Waals surface area contributed by atoms with Crippen LogP contribution in [-0.2, 0) is 17.9 Å². The molecule has 1 aromatic carbocycles. The van der Waals surface area contributed by atoms with E-state index in [9.17, 15) is 0 Å². The van der Waals surface area contributed by atoms with Gasteiger partial charge in [0.1, 0.15) is 0 Å². The minimum Gasteiger partial charge on any atom is -0.380 e. The first kappa shape index (κ1) is 16.2. The van der Waals surface area contributed by atoms with E-state index in [2.05, 4.69) is 62.4 Å². The molecule has 0 aliphatic rings. The van der Waals surface area contributed by atoms with Crippen molar-refractivity contribution >= 4 is 0 Å². The van der Waals surface area contributed by atoms with Crippen molar-refractivity contribution in [2.24, 2.45) is 5.92 Å². The lowest BCUT2D eigenvalue weighted by molar-refractivity contribution is 0.183. The van der Waals surface area contributed by atoms with Gasteiger partial charge in [0.05, 0.1) is 6.61 Å². The van der Waals surface area contributed by atoms with Crippen LogP contribution in [-0.4, -0.2) is 38.7 Å². The largest absolute Gasteiger partial charge is 0.380 e. The van der Waals surface area contributed by atoms with Crippen molar-refractivity contribution in [3.63, 3.8) is 0 Å². The molecule has 0 amide bonds. The quantitative estimate of drug-likeness (QED) is 0.781. The number of hydrogen-bond donors (Lipinski definition) is 1. The standard InChI is InChI=1S/C16H28N2O/c1-13(2)16(18(3)4)11-17-10-14-8-6-7-9-15(14)12-19-5/h6-9,13,16-17H,10-12H2,1-5H3. The van der Waals surface area contributed by atoms with Crippen LogP contribution in [0.4, 0.5) is 0 Å². The zero-order chi connectivity index (χ0) is 14.3. The number of nitrogens with one attached hydrogen (secondary N) is 1. The minimum atomic E-state index is 0.564. The van der Waals surface area contributed by atoms with Crippen LogP contribution in [0, 0.1) is 5.92 Å². The molecule has 0 saturated carbocycles. The predicted octanol–water partition coefficient (Wildman–Crippen LogP) is 2.51. The Labute approximate surface area is 118 Å². The molecule has 19 heavy (non-hydrogen) atoms. The average molecular weight is 264 g/mol. The van der Waals surface area contributed by atoms with Crippen LogP contribution >= 0.6 is 0 Å². The third-order valence-electron chi connectivity index (χ3n) is 3.52. The summed E-state index contributed by atoms with van der Waals surface area (Å²) in [6.07, 6.45) is 0. The maximum atomic E-state index is 5.24. The molecule has 108 valence electrons. The van der Waals surface area contributed by atoms with Crippen molar-refractivity contribution in [3.8, 4) is 0 Å². The molecule has 3 nitrogen and oxygen atoms in total. The summed E-state index contributed by atoms with van der Waals surface area (Å²) in [6.45, 7) is 7.12. The number of methoxy groups -OCH3 is 1. The number of rotatable bonds is 8. The lowest BCUT2D eigenvalue weighted by Crippen LogP contribution is -2.41. The Morgan fingerprint density at radius 2 is 1.79 bits per heavy atom. The van der Waals surface area contributed by atoms with E-state index < -0.39 is 0 Å². The minimum absolute atomic E-state index is 0.564. The molecule has 1 atom stereocenters. The van der Waals surface area contributed by atoms with Crippen molar-refractivity contribution in [2.75, 3.05) is 27.7 Å². The van der Waals surface area contributed by atoms with E-state index in [4.69, 9.17) is 4.74 Å². The van der Waals surface area contributed by atoms with Crippen LogP contribution in [0.1, 0.15) is 25.0 Å². The van der Waals surface area contributed by atoms with Gasteiger partial charge >= 0.3 is 0 Å². The van der Waals surface area contributed by atoms with Gasteiger partial charge in [-0.2, -0.15) is 0 Å². The van der Waals surface area contributed by atoms with Crippen molar-refractivity contribution in [1.82, 2.24) is 10.2 Å². The fourth-order valence-electron chi connectivity index (χ4n) is 2.40. The molecular formula is C16H28N2O. The van der Waals surface area contributed by atoms with Gasteiger partial charge in [0.15, 0.2) is 0 Å². The monoisotopic (exact) mass is 264 g/mol.